The average Bonchev–Trinajstić information content (AvgIpc) is 2.79. The molecule has 0 unspecified atom stereocenters. The second kappa shape index (κ2) is 9.07. The molecule has 0 atom stereocenters. The Morgan fingerprint density at radius 1 is 1.00 bits per heavy atom. The van der Waals surface area contributed by atoms with Crippen molar-refractivity contribution < 1.29 is 21.9 Å². The molecule has 1 N–H and O–H groups in total. The topological polar surface area (TPSA) is 94.1 Å². The summed E-state index contributed by atoms with van der Waals surface area (Å²) < 4.78 is 56.3. The fourth-order valence-electron chi connectivity index (χ4n) is 3.27. The molecule has 0 fully saturated rings. The van der Waals surface area contributed by atoms with Gasteiger partial charge in [-0.1, -0.05) is 6.07 Å². The van der Waals surface area contributed by atoms with Crippen LogP contribution in [0.5, 0.6) is 5.75 Å². The molecular formula is C23H20F2N4O3S. The summed E-state index contributed by atoms with van der Waals surface area (Å²) in [6.45, 7) is -0.101. The Morgan fingerprint density at radius 2 is 1.82 bits per heavy atom. The zero-order valence-electron chi connectivity index (χ0n) is 17.8. The highest BCUT2D eigenvalue weighted by atomic mass is 32.2. The highest BCUT2D eigenvalue weighted by molar-refractivity contribution is 7.90. The third-order valence-electron chi connectivity index (χ3n) is 4.89. The summed E-state index contributed by atoms with van der Waals surface area (Å²) in [5, 5.41) is 3.60. The van der Waals surface area contributed by atoms with Crippen LogP contribution >= 0.6 is 0 Å². The summed E-state index contributed by atoms with van der Waals surface area (Å²) in [6.07, 6.45) is 4.38. The maximum Gasteiger partial charge on any atom is 0.163 e. The van der Waals surface area contributed by atoms with Gasteiger partial charge < -0.3 is 10.1 Å². The number of fused-ring (bicyclic) bond motifs is 1. The number of pyridine rings is 1. The van der Waals surface area contributed by atoms with Gasteiger partial charge in [0, 0.05) is 36.6 Å². The first-order valence-electron chi connectivity index (χ1n) is 9.95. The summed E-state index contributed by atoms with van der Waals surface area (Å²) in [5.41, 5.74) is 2.07. The van der Waals surface area contributed by atoms with Crippen LogP contribution < -0.4 is 10.1 Å². The molecule has 33 heavy (non-hydrogen) atoms. The third kappa shape index (κ3) is 5.06. The van der Waals surface area contributed by atoms with Crippen LogP contribution in [0.1, 0.15) is 0 Å². The van der Waals surface area contributed by atoms with Gasteiger partial charge in [0.2, 0.25) is 0 Å². The van der Waals surface area contributed by atoms with E-state index in [-0.39, 0.29) is 12.4 Å². The lowest BCUT2D eigenvalue weighted by molar-refractivity contribution is 0.344. The lowest BCUT2D eigenvalue weighted by Crippen LogP contribution is -2.12. The molecule has 2 heterocycles. The zero-order valence-corrected chi connectivity index (χ0v) is 18.7. The van der Waals surface area contributed by atoms with E-state index >= 15 is 0 Å². The number of aromatic nitrogens is 3. The number of rotatable bonds is 7. The summed E-state index contributed by atoms with van der Waals surface area (Å²) in [6, 6.07) is 10.5. The van der Waals surface area contributed by atoms with Gasteiger partial charge in [-0.3, -0.25) is 4.98 Å². The molecule has 10 heteroatoms. The number of hydrogen-bond donors (Lipinski definition) is 1. The van der Waals surface area contributed by atoms with Crippen molar-refractivity contribution in [2.75, 3.05) is 31.0 Å². The number of halogens is 2. The van der Waals surface area contributed by atoms with Gasteiger partial charge in [-0.25, -0.2) is 27.2 Å². The van der Waals surface area contributed by atoms with Crippen molar-refractivity contribution in [1.82, 2.24) is 15.0 Å². The number of sulfone groups is 1. The summed E-state index contributed by atoms with van der Waals surface area (Å²) in [5.74, 6) is -0.957. The molecule has 0 bridgehead atoms. The normalized spacial score (nSPS) is 11.5. The Hall–Kier alpha value is -3.66. The minimum absolute atomic E-state index is 0.101. The minimum atomic E-state index is -3.25. The van der Waals surface area contributed by atoms with Crippen LogP contribution in [0.2, 0.25) is 0 Å². The van der Waals surface area contributed by atoms with Gasteiger partial charge in [0.25, 0.3) is 0 Å². The molecule has 7 nitrogen and oxygen atoms in total. The van der Waals surface area contributed by atoms with Crippen molar-refractivity contribution in [1.29, 1.82) is 0 Å². The van der Waals surface area contributed by atoms with E-state index in [1.807, 2.05) is 6.07 Å². The number of anilines is 1. The Kier molecular flexibility index (Phi) is 6.19. The molecule has 0 saturated heterocycles. The SMILES string of the molecule is CNc1nc(-c2cccnc2)nc2c(OCCS(C)(=O)=O)cc(-c3ccc(F)c(F)c3)cc12. The average molecular weight is 471 g/mol. The van der Waals surface area contributed by atoms with Crippen LogP contribution in [0.3, 0.4) is 0 Å². The van der Waals surface area contributed by atoms with Gasteiger partial charge in [-0.2, -0.15) is 0 Å². The molecule has 0 aliphatic carbocycles. The highest BCUT2D eigenvalue weighted by Gasteiger charge is 2.17. The molecule has 0 amide bonds. The van der Waals surface area contributed by atoms with Gasteiger partial charge in [0.05, 0.1) is 5.75 Å². The Labute approximate surface area is 189 Å². The Balaban J connectivity index is 1.91. The fourth-order valence-corrected chi connectivity index (χ4v) is 3.66. The van der Waals surface area contributed by atoms with Crippen molar-refractivity contribution >= 4 is 26.6 Å². The van der Waals surface area contributed by atoms with Crippen LogP contribution in [0.25, 0.3) is 33.4 Å². The molecule has 2 aromatic carbocycles. The number of ether oxygens (including phenoxy) is 1. The molecule has 0 radical (unpaired) electrons. The standard InChI is InChI=1S/C23H20F2N4O3S/c1-26-23-17-10-16(14-5-6-18(24)19(25)11-14)12-20(32-8-9-33(2,30)31)21(17)28-22(29-23)15-4-3-7-27-13-15/h3-7,10-13H,8-9H2,1-2H3,(H,26,28,29). The van der Waals surface area contributed by atoms with Crippen molar-refractivity contribution in [2.24, 2.45) is 0 Å². The van der Waals surface area contributed by atoms with E-state index in [2.05, 4.69) is 20.3 Å². The van der Waals surface area contributed by atoms with E-state index < -0.39 is 21.5 Å². The predicted octanol–water partition coefficient (Wildman–Crippen LogP) is 4.10. The molecule has 4 rings (SSSR count). The van der Waals surface area contributed by atoms with E-state index in [9.17, 15) is 17.2 Å². The minimum Gasteiger partial charge on any atom is -0.490 e. The summed E-state index contributed by atoms with van der Waals surface area (Å²) >= 11 is 0. The molecule has 0 aliphatic heterocycles. The molecule has 4 aromatic rings. The largest absolute Gasteiger partial charge is 0.490 e. The number of nitrogens with one attached hydrogen (secondary N) is 1. The highest BCUT2D eigenvalue weighted by Crippen LogP contribution is 2.36. The van der Waals surface area contributed by atoms with Crippen LogP contribution in [0.4, 0.5) is 14.6 Å². The third-order valence-corrected chi connectivity index (χ3v) is 5.79. The Morgan fingerprint density at radius 3 is 2.48 bits per heavy atom. The summed E-state index contributed by atoms with van der Waals surface area (Å²) in [7, 11) is -1.56. The zero-order chi connectivity index (χ0) is 23.6. The fraction of sp³-hybridized carbons (Fsp3) is 0.174. The van der Waals surface area contributed by atoms with Crippen molar-refractivity contribution in [3.8, 4) is 28.3 Å². The second-order valence-corrected chi connectivity index (χ2v) is 9.63. The van der Waals surface area contributed by atoms with Crippen LogP contribution in [0, 0.1) is 11.6 Å². The van der Waals surface area contributed by atoms with Crippen molar-refractivity contribution in [3.63, 3.8) is 0 Å². The van der Waals surface area contributed by atoms with Crippen molar-refractivity contribution in [2.45, 2.75) is 0 Å². The Bertz CT molecular complexity index is 1430. The van der Waals surface area contributed by atoms with E-state index in [1.54, 1.807) is 37.6 Å². The van der Waals surface area contributed by atoms with Gasteiger partial charge in [0.1, 0.15) is 23.7 Å². The van der Waals surface area contributed by atoms with Crippen LogP contribution in [0.15, 0.2) is 54.9 Å². The maximum absolute atomic E-state index is 13.9. The van der Waals surface area contributed by atoms with E-state index in [1.165, 1.54) is 6.07 Å². The smallest absolute Gasteiger partial charge is 0.163 e. The molecule has 0 aliphatic rings. The number of nitrogens with zero attached hydrogens (tertiary/aromatic N) is 3. The maximum atomic E-state index is 13.9. The van der Waals surface area contributed by atoms with Crippen molar-refractivity contribution in [3.05, 3.63) is 66.5 Å². The second-order valence-electron chi connectivity index (χ2n) is 7.37. The van der Waals surface area contributed by atoms with Gasteiger partial charge >= 0.3 is 0 Å². The number of benzene rings is 2. The lowest BCUT2D eigenvalue weighted by Gasteiger charge is -2.15. The van der Waals surface area contributed by atoms with Gasteiger partial charge in [-0.05, 0) is 47.5 Å². The van der Waals surface area contributed by atoms with Crippen LogP contribution in [-0.4, -0.2) is 49.0 Å². The predicted molar refractivity (Wildman–Crippen MR) is 123 cm³/mol. The summed E-state index contributed by atoms with van der Waals surface area (Å²) in [4.78, 5) is 13.3. The molecule has 2 aromatic heterocycles. The lowest BCUT2D eigenvalue weighted by atomic mass is 10.0. The number of hydrogen-bond acceptors (Lipinski definition) is 7. The molecular weight excluding hydrogens is 450 g/mol. The first-order valence-corrected chi connectivity index (χ1v) is 12.0. The quantitative estimate of drug-likeness (QED) is 0.435. The van der Waals surface area contributed by atoms with E-state index in [4.69, 9.17) is 4.74 Å². The first kappa shape index (κ1) is 22.5. The first-order chi connectivity index (χ1) is 15.7. The van der Waals surface area contributed by atoms with Gasteiger partial charge in [0.15, 0.2) is 27.3 Å². The van der Waals surface area contributed by atoms with E-state index in [0.29, 0.717) is 45.0 Å². The van der Waals surface area contributed by atoms with Gasteiger partial charge in [-0.15, -0.1) is 0 Å². The molecule has 0 saturated carbocycles. The molecule has 0 spiro atoms. The van der Waals surface area contributed by atoms with E-state index in [0.717, 1.165) is 18.4 Å². The monoisotopic (exact) mass is 470 g/mol. The van der Waals surface area contributed by atoms with Crippen LogP contribution in [-0.2, 0) is 9.84 Å². The molecule has 170 valence electrons.